The minimum Gasteiger partial charge on any atom is -0.512 e. The van der Waals surface area contributed by atoms with Gasteiger partial charge in [0.05, 0.1) is 15.7 Å². The molecule has 5 aliphatic carbocycles. The number of halogens is 1. The maximum atomic E-state index is 7.31. The fraction of sp³-hybridized carbons (Fsp3) is 0.750. The molecule has 2 N–H and O–H groups in total. The fourth-order valence-corrected chi connectivity index (χ4v) is 2.72. The molecule has 5 fully saturated rings. The number of hydrogen-bond acceptors (Lipinski definition) is 7. The van der Waals surface area contributed by atoms with E-state index < -0.39 is 0 Å². The zero-order valence-corrected chi connectivity index (χ0v) is 36.9. The molecule has 18 radical (unpaired) electrons. The zero-order chi connectivity index (χ0) is 35.2. The van der Waals surface area contributed by atoms with E-state index in [4.69, 9.17) is 104 Å². The van der Waals surface area contributed by atoms with E-state index in [9.17, 15) is 0 Å². The Kier molecular flexibility index (Phi) is 299. The van der Waals surface area contributed by atoms with Gasteiger partial charge >= 0.3 is 56.1 Å². The first-order valence-corrected chi connectivity index (χ1v) is 14.5. The summed E-state index contributed by atoms with van der Waals surface area (Å²) >= 11 is 1.59. The maximum Gasteiger partial charge on any atom is 2.00 e. The van der Waals surface area contributed by atoms with Gasteiger partial charge in [0, 0.05) is 75.6 Å². The monoisotopic (exact) mass is 1040 g/mol. The second-order valence-electron chi connectivity index (χ2n) is 9.57. The summed E-state index contributed by atoms with van der Waals surface area (Å²) in [4.78, 5) is 0. The van der Waals surface area contributed by atoms with Crippen molar-refractivity contribution in [1.29, 1.82) is 36.8 Å². The molecular formula is C32H50B5Co5IN8O-3. The molecular weight excluding hydrogens is 988 g/mol. The van der Waals surface area contributed by atoms with E-state index in [2.05, 4.69) is 20.8 Å². The molecule has 0 amide bonds. The van der Waals surface area contributed by atoms with Crippen LogP contribution in [-0.4, -0.2) is 50.6 Å². The number of hydrogen-bond donors (Lipinski definition) is 0. The standard InChI is InChI=1S/3C5H10.2C4H7B.CIN.7CN.CH4.3B.5Co.H2O/c3*1-5-3-2-4-5;2*5-4-2-1-3-4;2-1-3;7*1-2;;;;;;;;;;/h3*5H,2-4H2,1H3;2*4H,1-3H2;;;;;;;;;1H4;;;;;;;;;1H2/q;;;;;;7*-1;;;;;;;;2*+2;. The van der Waals surface area contributed by atoms with Crippen LogP contribution < -0.4 is 0 Å². The summed E-state index contributed by atoms with van der Waals surface area (Å²) in [6.45, 7) is 40.2. The van der Waals surface area contributed by atoms with Crippen LogP contribution in [0.3, 0.4) is 0 Å². The molecule has 0 aromatic rings. The Bertz CT molecular complexity index is 527. The van der Waals surface area contributed by atoms with E-state index in [1.807, 2.05) is 0 Å². The third-order valence-electron chi connectivity index (χ3n) is 6.48. The van der Waals surface area contributed by atoms with Crippen molar-refractivity contribution in [3.63, 3.8) is 0 Å². The molecule has 0 heterocycles. The summed E-state index contributed by atoms with van der Waals surface area (Å²) in [5.41, 5.74) is 0. The fourth-order valence-electron chi connectivity index (χ4n) is 2.72. The summed E-state index contributed by atoms with van der Waals surface area (Å²) in [7, 11) is 10.8. The van der Waals surface area contributed by atoms with Crippen molar-refractivity contribution in [3.05, 3.63) is 51.4 Å². The molecule has 0 bridgehead atoms. The van der Waals surface area contributed by atoms with Gasteiger partial charge in [0.15, 0.2) is 4.22 Å². The molecule has 0 saturated heterocycles. The summed E-state index contributed by atoms with van der Waals surface area (Å²) in [5.74, 6) is 4.32. The summed E-state index contributed by atoms with van der Waals surface area (Å²) in [6, 6.07) is 0. The topological polar surface area (TPSA) is 220 Å². The summed E-state index contributed by atoms with van der Waals surface area (Å²) in [6.07, 6.45) is 21.2. The van der Waals surface area contributed by atoms with Gasteiger partial charge in [-0.15, -0.1) is 0 Å². The Hall–Kier alpha value is -0.443. The Morgan fingerprint density at radius 1 is 0.462 bits per heavy atom. The number of rotatable bonds is 0. The van der Waals surface area contributed by atoms with Crippen LogP contribution in [0.25, 0.3) is 5.41 Å². The van der Waals surface area contributed by atoms with Gasteiger partial charge in [0.25, 0.3) is 0 Å². The van der Waals surface area contributed by atoms with E-state index >= 15 is 0 Å². The molecule has 52 heavy (non-hydrogen) atoms. The zero-order valence-electron chi connectivity index (χ0n) is 29.5. The van der Waals surface area contributed by atoms with E-state index in [1.165, 1.54) is 96.3 Å². The largest absolute Gasteiger partial charge is 2.00 e. The van der Waals surface area contributed by atoms with Crippen molar-refractivity contribution in [2.45, 2.75) is 136 Å². The van der Waals surface area contributed by atoms with E-state index in [1.54, 1.807) is 26.8 Å². The van der Waals surface area contributed by atoms with Crippen LogP contribution in [-0.2, 0) is 83.9 Å². The molecule has 0 atom stereocenters. The first-order valence-electron chi connectivity index (χ1n) is 13.5. The Balaban J connectivity index is -0.0000000151. The maximum absolute atomic E-state index is 7.31. The first-order chi connectivity index (χ1) is 20.4. The summed E-state index contributed by atoms with van der Waals surface area (Å²) in [5, 5.41) is 51.1. The predicted molar refractivity (Wildman–Crippen MR) is 201 cm³/mol. The van der Waals surface area contributed by atoms with Gasteiger partial charge in [-0.25, -0.2) is 0 Å². The molecule has 0 aromatic carbocycles. The van der Waals surface area contributed by atoms with Crippen LogP contribution >= 0.6 is 22.6 Å². The van der Waals surface area contributed by atoms with Crippen LogP contribution in [0.1, 0.15) is 125 Å². The van der Waals surface area contributed by atoms with E-state index in [-0.39, 0.29) is 122 Å². The van der Waals surface area contributed by atoms with Crippen molar-refractivity contribution in [1.82, 2.24) is 0 Å². The van der Waals surface area contributed by atoms with Crippen LogP contribution in [0, 0.1) is 101 Å². The van der Waals surface area contributed by atoms with Crippen LogP contribution in [0.4, 0.5) is 0 Å². The van der Waals surface area contributed by atoms with Crippen LogP contribution in [0.15, 0.2) is 0 Å². The molecule has 9 nitrogen and oxygen atoms in total. The van der Waals surface area contributed by atoms with Crippen molar-refractivity contribution in [2.75, 3.05) is 0 Å². The van der Waals surface area contributed by atoms with Gasteiger partial charge in [0.1, 0.15) is 0 Å². The average Bonchev–Trinajstić information content (AvgIpc) is 3.00. The second-order valence-corrected chi connectivity index (χ2v) is 10.1. The molecule has 0 aromatic heterocycles. The van der Waals surface area contributed by atoms with Crippen molar-refractivity contribution in [2.24, 2.45) is 17.8 Å². The molecule has 0 aliphatic heterocycles. The number of nitrogens with zero attached hydrogens (tertiary/aromatic N) is 8. The third kappa shape index (κ3) is 134. The van der Waals surface area contributed by atoms with Gasteiger partial charge < -0.3 is 93.7 Å². The van der Waals surface area contributed by atoms with Gasteiger partial charge in [-0.05, 0) is 17.8 Å². The van der Waals surface area contributed by atoms with E-state index in [0.717, 1.165) is 17.8 Å². The van der Waals surface area contributed by atoms with Crippen molar-refractivity contribution < 1.29 is 89.4 Å². The van der Waals surface area contributed by atoms with Crippen molar-refractivity contribution in [3.8, 4) is 0 Å². The molecule has 294 valence electrons. The van der Waals surface area contributed by atoms with E-state index in [0.29, 0.717) is 11.6 Å². The predicted octanol–water partition coefficient (Wildman–Crippen LogP) is 7.90. The van der Waals surface area contributed by atoms with Crippen molar-refractivity contribution >= 4 is 67.7 Å². The smallest absolute Gasteiger partial charge is 0.512 e. The Morgan fingerprint density at radius 2 is 0.519 bits per heavy atom. The van der Waals surface area contributed by atoms with Gasteiger partial charge in [-0.1, -0.05) is 136 Å². The second kappa shape index (κ2) is 133. The first kappa shape index (κ1) is 117. The normalized spacial score (nSPS) is 12.8. The van der Waals surface area contributed by atoms with Crippen LogP contribution in [0.2, 0.25) is 11.6 Å². The molecule has 5 rings (SSSR count). The molecule has 0 spiro atoms. The quantitative estimate of drug-likeness (QED) is 0.101. The molecule has 5 aliphatic rings. The van der Waals surface area contributed by atoms with Gasteiger partial charge in [-0.3, -0.25) is 0 Å². The Morgan fingerprint density at radius 3 is 0.519 bits per heavy atom. The summed E-state index contributed by atoms with van der Waals surface area (Å²) < 4.78 is 1.72. The SMILES string of the molecule is C.CC1CCC1.CC1CCC1.CC1CCC1.O.[B].[B].[B].[B]C1CCC1.[B]C1CCC1.[C-]#N.[C-]#N.[C-]#N.[C-]#N.[C-]#N.[C-]#N.[C-]#N.[Co+2].[Co+2].[Co].[Co].[Co].[N-]=[C+]I. The molecule has 0 unspecified atom stereocenters. The average molecular weight is 1040 g/mol. The Labute approximate surface area is 395 Å². The third-order valence-corrected chi connectivity index (χ3v) is 6.48. The molecule has 5 saturated carbocycles. The van der Waals surface area contributed by atoms with Gasteiger partial charge in [-0.2, -0.15) is 0 Å². The molecule has 20 heteroatoms. The van der Waals surface area contributed by atoms with Gasteiger partial charge in [0.2, 0.25) is 0 Å². The minimum atomic E-state index is 0. The van der Waals surface area contributed by atoms with Crippen LogP contribution in [0.5, 0.6) is 0 Å². The minimum absolute atomic E-state index is 0.